The number of aromatic nitrogens is 1. The van der Waals surface area contributed by atoms with Crippen molar-refractivity contribution in [3.63, 3.8) is 0 Å². The van der Waals surface area contributed by atoms with E-state index in [1.165, 1.54) is 0 Å². The zero-order chi connectivity index (χ0) is 14.6. The van der Waals surface area contributed by atoms with E-state index in [0.717, 1.165) is 13.0 Å². The first-order valence-electron chi connectivity index (χ1n) is 6.73. The molecule has 2 N–H and O–H groups in total. The van der Waals surface area contributed by atoms with Crippen LogP contribution in [0.25, 0.3) is 0 Å². The molecule has 0 aliphatic heterocycles. The van der Waals surface area contributed by atoms with E-state index < -0.39 is 0 Å². The highest BCUT2D eigenvalue weighted by molar-refractivity contribution is 6.31. The molecule has 0 radical (unpaired) electrons. The van der Waals surface area contributed by atoms with Crippen LogP contribution in [-0.4, -0.2) is 35.0 Å². The van der Waals surface area contributed by atoms with Crippen LogP contribution < -0.4 is 5.73 Å². The third-order valence-electron chi connectivity index (χ3n) is 3.42. The van der Waals surface area contributed by atoms with E-state index in [-0.39, 0.29) is 11.9 Å². The molecule has 5 heteroatoms. The Morgan fingerprint density at radius 3 is 2.68 bits per heavy atom. The van der Waals surface area contributed by atoms with Crippen molar-refractivity contribution in [3.8, 4) is 0 Å². The molecule has 0 fully saturated rings. The summed E-state index contributed by atoms with van der Waals surface area (Å²) in [5, 5.41) is 0.595. The second kappa shape index (κ2) is 6.96. The summed E-state index contributed by atoms with van der Waals surface area (Å²) in [6, 6.07) is 1.84. The summed E-state index contributed by atoms with van der Waals surface area (Å²) >= 11 is 5.95. The molecule has 1 aromatic rings. The smallest absolute Gasteiger partial charge is 0.270 e. The average Bonchev–Trinajstić information content (AvgIpc) is 2.75. The number of hydrogen-bond donors (Lipinski definition) is 1. The summed E-state index contributed by atoms with van der Waals surface area (Å²) in [6.07, 6.45) is 2.59. The second-order valence-electron chi connectivity index (χ2n) is 5.25. The third kappa shape index (κ3) is 4.25. The molecule has 0 aromatic carbocycles. The van der Waals surface area contributed by atoms with Gasteiger partial charge in [-0.1, -0.05) is 25.4 Å². The molecule has 1 unspecified atom stereocenters. The number of rotatable bonds is 6. The Bertz CT molecular complexity index is 428. The Hall–Kier alpha value is -1.00. The van der Waals surface area contributed by atoms with Crippen molar-refractivity contribution < 1.29 is 4.79 Å². The van der Waals surface area contributed by atoms with Crippen molar-refractivity contribution in [1.82, 2.24) is 9.47 Å². The lowest BCUT2D eigenvalue weighted by Crippen LogP contribution is -2.35. The van der Waals surface area contributed by atoms with Gasteiger partial charge in [0.25, 0.3) is 5.91 Å². The predicted octanol–water partition coefficient (Wildman–Crippen LogP) is 2.61. The summed E-state index contributed by atoms with van der Waals surface area (Å²) in [4.78, 5) is 14.0. The van der Waals surface area contributed by atoms with Gasteiger partial charge in [0, 0.05) is 32.4 Å². The highest BCUT2D eigenvalue weighted by Crippen LogP contribution is 2.16. The van der Waals surface area contributed by atoms with Crippen LogP contribution in [0.15, 0.2) is 12.3 Å². The first kappa shape index (κ1) is 16.1. The number of amides is 1. The van der Waals surface area contributed by atoms with Gasteiger partial charge in [0.05, 0.1) is 5.02 Å². The van der Waals surface area contributed by atoms with E-state index in [1.54, 1.807) is 24.2 Å². The number of aryl methyl sites for hydroxylation is 1. The van der Waals surface area contributed by atoms with E-state index in [9.17, 15) is 4.79 Å². The molecule has 0 saturated carbocycles. The number of carbonyl (C=O) groups excluding carboxylic acids is 1. The molecule has 1 amide bonds. The molecule has 0 bridgehead atoms. The largest absolute Gasteiger partial charge is 0.342 e. The predicted molar refractivity (Wildman–Crippen MR) is 79.5 cm³/mol. The quantitative estimate of drug-likeness (QED) is 0.873. The van der Waals surface area contributed by atoms with Crippen molar-refractivity contribution >= 4 is 17.5 Å². The fraction of sp³-hybridized carbons (Fsp3) is 0.643. The van der Waals surface area contributed by atoms with Gasteiger partial charge in [-0.2, -0.15) is 0 Å². The Balaban J connectivity index is 2.66. The molecule has 4 nitrogen and oxygen atoms in total. The van der Waals surface area contributed by atoms with Gasteiger partial charge in [-0.05, 0) is 25.3 Å². The monoisotopic (exact) mass is 285 g/mol. The van der Waals surface area contributed by atoms with Crippen molar-refractivity contribution in [2.45, 2.75) is 39.8 Å². The van der Waals surface area contributed by atoms with E-state index in [0.29, 0.717) is 23.2 Å². The topological polar surface area (TPSA) is 51.3 Å². The average molecular weight is 286 g/mol. The van der Waals surface area contributed by atoms with Crippen LogP contribution in [0, 0.1) is 5.92 Å². The molecule has 1 aromatic heterocycles. The van der Waals surface area contributed by atoms with Crippen LogP contribution in [0.3, 0.4) is 0 Å². The molecule has 19 heavy (non-hydrogen) atoms. The molecule has 0 saturated heterocycles. The molecule has 108 valence electrons. The van der Waals surface area contributed by atoms with Gasteiger partial charge in [-0.15, -0.1) is 0 Å². The zero-order valence-corrected chi connectivity index (χ0v) is 12.9. The number of nitrogens with zero attached hydrogens (tertiary/aromatic N) is 2. The van der Waals surface area contributed by atoms with Crippen LogP contribution in [0.5, 0.6) is 0 Å². The van der Waals surface area contributed by atoms with Gasteiger partial charge in [0.1, 0.15) is 5.69 Å². The maximum atomic E-state index is 12.3. The summed E-state index contributed by atoms with van der Waals surface area (Å²) in [6.45, 7) is 7.56. The van der Waals surface area contributed by atoms with Crippen LogP contribution in [0.1, 0.15) is 37.7 Å². The first-order chi connectivity index (χ1) is 8.86. The van der Waals surface area contributed by atoms with Crippen LogP contribution in [0.2, 0.25) is 5.02 Å². The van der Waals surface area contributed by atoms with Crippen molar-refractivity contribution in [1.29, 1.82) is 0 Å². The minimum absolute atomic E-state index is 0.00953. The van der Waals surface area contributed by atoms with E-state index in [4.69, 9.17) is 17.3 Å². The molecule has 0 aliphatic carbocycles. The summed E-state index contributed by atoms with van der Waals surface area (Å²) in [5.41, 5.74) is 6.63. The highest BCUT2D eigenvalue weighted by Gasteiger charge is 2.18. The summed E-state index contributed by atoms with van der Waals surface area (Å²) < 4.78 is 1.86. The van der Waals surface area contributed by atoms with Gasteiger partial charge in [0.2, 0.25) is 0 Å². The van der Waals surface area contributed by atoms with E-state index in [2.05, 4.69) is 13.8 Å². The lowest BCUT2D eigenvalue weighted by Gasteiger charge is -2.22. The van der Waals surface area contributed by atoms with E-state index in [1.807, 2.05) is 11.5 Å². The molecular weight excluding hydrogens is 262 g/mol. The van der Waals surface area contributed by atoms with Gasteiger partial charge in [0.15, 0.2) is 0 Å². The van der Waals surface area contributed by atoms with Crippen LogP contribution in [-0.2, 0) is 6.54 Å². The third-order valence-corrected chi connectivity index (χ3v) is 3.63. The summed E-state index contributed by atoms with van der Waals surface area (Å²) in [5.74, 6) is 0.419. The number of carbonyl (C=O) groups is 1. The molecule has 1 rings (SSSR count). The van der Waals surface area contributed by atoms with Crippen molar-refractivity contribution in [3.05, 3.63) is 23.0 Å². The lowest BCUT2D eigenvalue weighted by molar-refractivity contribution is 0.0778. The summed E-state index contributed by atoms with van der Waals surface area (Å²) in [7, 11) is 1.80. The normalized spacial score (nSPS) is 12.8. The Morgan fingerprint density at radius 1 is 1.53 bits per heavy atom. The van der Waals surface area contributed by atoms with Gasteiger partial charge >= 0.3 is 0 Å². The minimum atomic E-state index is -0.00953. The maximum absolute atomic E-state index is 12.3. The molecule has 1 atom stereocenters. The first-order valence-corrected chi connectivity index (χ1v) is 7.11. The molecule has 1 heterocycles. The molecule has 0 spiro atoms. The maximum Gasteiger partial charge on any atom is 0.270 e. The van der Waals surface area contributed by atoms with Crippen molar-refractivity contribution in [2.75, 3.05) is 13.6 Å². The lowest BCUT2D eigenvalue weighted by atomic mass is 10.0. The van der Waals surface area contributed by atoms with Gasteiger partial charge in [-0.3, -0.25) is 4.79 Å². The standard InChI is InChI=1S/C14H24ClN3O/c1-5-18-9-11(15)8-13(18)14(19)17(4)7-6-12(16)10(2)3/h8-10,12H,5-7,16H2,1-4H3. The molecule has 0 aliphatic rings. The Morgan fingerprint density at radius 2 is 2.16 bits per heavy atom. The van der Waals surface area contributed by atoms with Crippen LogP contribution in [0.4, 0.5) is 0 Å². The van der Waals surface area contributed by atoms with Crippen molar-refractivity contribution in [2.24, 2.45) is 11.7 Å². The van der Waals surface area contributed by atoms with Gasteiger partial charge < -0.3 is 15.2 Å². The Labute approximate surface area is 120 Å². The molecular formula is C14H24ClN3O. The minimum Gasteiger partial charge on any atom is -0.342 e. The van der Waals surface area contributed by atoms with Crippen LogP contribution >= 0.6 is 11.6 Å². The number of hydrogen-bond acceptors (Lipinski definition) is 2. The number of halogens is 1. The zero-order valence-electron chi connectivity index (χ0n) is 12.2. The SMILES string of the molecule is CCn1cc(Cl)cc1C(=O)N(C)CCC(N)C(C)C. The fourth-order valence-corrected chi connectivity index (χ4v) is 2.11. The Kier molecular flexibility index (Phi) is 5.88. The fourth-order valence-electron chi connectivity index (χ4n) is 1.89. The van der Waals surface area contributed by atoms with E-state index >= 15 is 0 Å². The second-order valence-corrected chi connectivity index (χ2v) is 5.69. The number of nitrogens with two attached hydrogens (primary N) is 1. The van der Waals surface area contributed by atoms with Gasteiger partial charge in [-0.25, -0.2) is 0 Å². The highest BCUT2D eigenvalue weighted by atomic mass is 35.5.